The van der Waals surface area contributed by atoms with E-state index in [1.165, 1.54) is 0 Å². The van der Waals surface area contributed by atoms with Crippen LogP contribution in [0.25, 0.3) is 0 Å². The van der Waals surface area contributed by atoms with E-state index in [0.29, 0.717) is 19.0 Å². The van der Waals surface area contributed by atoms with Crippen molar-refractivity contribution >= 4 is 5.91 Å². The van der Waals surface area contributed by atoms with Crippen molar-refractivity contribution < 1.29 is 13.9 Å². The summed E-state index contributed by atoms with van der Waals surface area (Å²) in [5, 5.41) is 0. The number of benzene rings is 1. The molecule has 0 bridgehead atoms. The number of rotatable bonds is 5. The van der Waals surface area contributed by atoms with Gasteiger partial charge in [0.1, 0.15) is 5.76 Å². The zero-order valence-electron chi connectivity index (χ0n) is 10.7. The number of hydrogen-bond acceptors (Lipinski definition) is 4. The van der Waals surface area contributed by atoms with Gasteiger partial charge in [-0.25, -0.2) is 5.84 Å². The van der Waals surface area contributed by atoms with E-state index >= 15 is 0 Å². The summed E-state index contributed by atoms with van der Waals surface area (Å²) in [5.74, 6) is 5.45. The third-order valence-electron chi connectivity index (χ3n) is 2.74. The molecule has 0 aliphatic carbocycles. The zero-order chi connectivity index (χ0) is 13.7. The predicted molar refractivity (Wildman–Crippen MR) is 70.0 cm³/mol. The maximum atomic E-state index is 11.3. The Balaban J connectivity index is 1.93. The first-order valence-corrected chi connectivity index (χ1v) is 5.92. The van der Waals surface area contributed by atoms with Crippen LogP contribution in [0.3, 0.4) is 0 Å². The first kappa shape index (κ1) is 13.3. The molecule has 0 atom stereocenters. The molecule has 1 heterocycles. The van der Waals surface area contributed by atoms with Crippen LogP contribution < -0.4 is 11.3 Å². The summed E-state index contributed by atoms with van der Waals surface area (Å²) in [4.78, 5) is 11.3. The van der Waals surface area contributed by atoms with Crippen LogP contribution in [0.1, 0.15) is 27.4 Å². The molecule has 1 amide bonds. The lowest BCUT2D eigenvalue weighted by Crippen LogP contribution is -2.29. The van der Waals surface area contributed by atoms with Gasteiger partial charge in [0.2, 0.25) is 0 Å². The molecule has 5 nitrogen and oxygen atoms in total. The van der Waals surface area contributed by atoms with Gasteiger partial charge in [-0.05, 0) is 18.6 Å². The van der Waals surface area contributed by atoms with Crippen LogP contribution in [0, 0.1) is 6.92 Å². The Bertz CT molecular complexity index is 549. The van der Waals surface area contributed by atoms with Crippen molar-refractivity contribution in [1.82, 2.24) is 5.43 Å². The SMILES string of the molecule is Cc1oc(C(=O)NN)cc1COCc1ccccc1. The predicted octanol–water partition coefficient (Wildman–Crippen LogP) is 1.91. The molecule has 3 N–H and O–H groups in total. The van der Waals surface area contributed by atoms with Crippen molar-refractivity contribution in [1.29, 1.82) is 0 Å². The van der Waals surface area contributed by atoms with Crippen molar-refractivity contribution in [3.05, 3.63) is 59.0 Å². The minimum absolute atomic E-state index is 0.193. The van der Waals surface area contributed by atoms with E-state index in [4.69, 9.17) is 15.0 Å². The second-order valence-electron chi connectivity index (χ2n) is 4.14. The number of hydrazine groups is 1. The summed E-state index contributed by atoms with van der Waals surface area (Å²) >= 11 is 0. The monoisotopic (exact) mass is 260 g/mol. The molecule has 0 saturated carbocycles. The Labute approximate surface area is 111 Å². The number of ether oxygens (including phenoxy) is 1. The van der Waals surface area contributed by atoms with Gasteiger partial charge in [0.25, 0.3) is 0 Å². The van der Waals surface area contributed by atoms with Crippen molar-refractivity contribution in [3.8, 4) is 0 Å². The molecule has 0 spiro atoms. The smallest absolute Gasteiger partial charge is 0.300 e. The second-order valence-corrected chi connectivity index (χ2v) is 4.14. The van der Waals surface area contributed by atoms with Gasteiger partial charge in [-0.3, -0.25) is 10.2 Å². The highest BCUT2D eigenvalue weighted by Crippen LogP contribution is 2.16. The maximum Gasteiger partial charge on any atom is 0.300 e. The largest absolute Gasteiger partial charge is 0.456 e. The average Bonchev–Trinajstić information content (AvgIpc) is 2.81. The third-order valence-corrected chi connectivity index (χ3v) is 2.74. The van der Waals surface area contributed by atoms with Crippen LogP contribution in [-0.2, 0) is 18.0 Å². The lowest BCUT2D eigenvalue weighted by Gasteiger charge is -2.03. The zero-order valence-corrected chi connectivity index (χ0v) is 10.7. The van der Waals surface area contributed by atoms with Crippen LogP contribution in [0.2, 0.25) is 0 Å². The van der Waals surface area contributed by atoms with E-state index in [0.717, 1.165) is 11.1 Å². The lowest BCUT2D eigenvalue weighted by molar-refractivity contribution is 0.0924. The van der Waals surface area contributed by atoms with E-state index in [9.17, 15) is 4.79 Å². The fraction of sp³-hybridized carbons (Fsp3) is 0.214. The molecule has 0 saturated heterocycles. The molecule has 0 aliphatic heterocycles. The van der Waals surface area contributed by atoms with Crippen LogP contribution >= 0.6 is 0 Å². The Morgan fingerprint density at radius 2 is 2.05 bits per heavy atom. The first-order valence-electron chi connectivity index (χ1n) is 5.92. The number of nitrogens with two attached hydrogens (primary N) is 1. The fourth-order valence-corrected chi connectivity index (χ4v) is 1.70. The summed E-state index contributed by atoms with van der Waals surface area (Å²) in [5.41, 5.74) is 3.97. The standard InChI is InChI=1S/C14H16N2O3/c1-10-12(7-13(19-10)14(17)16-15)9-18-8-11-5-3-2-4-6-11/h2-7H,8-9,15H2,1H3,(H,16,17). The average molecular weight is 260 g/mol. The number of aryl methyl sites for hydroxylation is 1. The molecule has 2 rings (SSSR count). The molecule has 0 unspecified atom stereocenters. The molecule has 1 aromatic heterocycles. The first-order chi connectivity index (χ1) is 9.20. The number of carbonyl (C=O) groups is 1. The van der Waals surface area contributed by atoms with Crippen molar-refractivity contribution in [2.75, 3.05) is 0 Å². The van der Waals surface area contributed by atoms with E-state index < -0.39 is 5.91 Å². The molecule has 1 aromatic carbocycles. The van der Waals surface area contributed by atoms with Gasteiger partial charge in [-0.2, -0.15) is 0 Å². The van der Waals surface area contributed by atoms with Gasteiger partial charge in [0.15, 0.2) is 5.76 Å². The lowest BCUT2D eigenvalue weighted by atomic mass is 10.2. The normalized spacial score (nSPS) is 10.4. The second kappa shape index (κ2) is 6.17. The summed E-state index contributed by atoms with van der Waals surface area (Å²) in [7, 11) is 0. The molecule has 0 radical (unpaired) electrons. The number of amides is 1. The van der Waals surface area contributed by atoms with Crippen molar-refractivity contribution in [2.45, 2.75) is 20.1 Å². The molecular formula is C14H16N2O3. The number of carbonyl (C=O) groups excluding carboxylic acids is 1. The summed E-state index contributed by atoms with van der Waals surface area (Å²) < 4.78 is 10.9. The summed E-state index contributed by atoms with van der Waals surface area (Å²) in [6.45, 7) is 2.69. The van der Waals surface area contributed by atoms with Crippen LogP contribution in [-0.4, -0.2) is 5.91 Å². The quantitative estimate of drug-likeness (QED) is 0.489. The molecule has 5 heteroatoms. The Morgan fingerprint density at radius 1 is 1.32 bits per heavy atom. The van der Waals surface area contributed by atoms with Gasteiger partial charge < -0.3 is 9.15 Å². The van der Waals surface area contributed by atoms with Crippen molar-refractivity contribution in [2.24, 2.45) is 5.84 Å². The number of furan rings is 1. The molecule has 100 valence electrons. The Morgan fingerprint density at radius 3 is 2.74 bits per heavy atom. The molecule has 0 fully saturated rings. The molecule has 19 heavy (non-hydrogen) atoms. The molecular weight excluding hydrogens is 244 g/mol. The third kappa shape index (κ3) is 3.43. The highest BCUT2D eigenvalue weighted by atomic mass is 16.5. The number of hydrogen-bond donors (Lipinski definition) is 2. The summed E-state index contributed by atoms with van der Waals surface area (Å²) in [6.07, 6.45) is 0. The van der Waals surface area contributed by atoms with E-state index in [1.807, 2.05) is 35.8 Å². The van der Waals surface area contributed by atoms with E-state index in [2.05, 4.69) is 0 Å². The van der Waals surface area contributed by atoms with E-state index in [1.54, 1.807) is 13.0 Å². The maximum absolute atomic E-state index is 11.3. The minimum atomic E-state index is -0.447. The molecule has 0 aliphatic rings. The Hall–Kier alpha value is -2.11. The Kier molecular flexibility index (Phi) is 4.33. The number of nitrogens with one attached hydrogen (secondary N) is 1. The van der Waals surface area contributed by atoms with Gasteiger partial charge in [-0.15, -0.1) is 0 Å². The minimum Gasteiger partial charge on any atom is -0.456 e. The number of nitrogen functional groups attached to an aromatic ring is 1. The topological polar surface area (TPSA) is 77.5 Å². The highest BCUT2D eigenvalue weighted by molar-refractivity contribution is 5.91. The van der Waals surface area contributed by atoms with Gasteiger partial charge in [-0.1, -0.05) is 30.3 Å². The van der Waals surface area contributed by atoms with E-state index in [-0.39, 0.29) is 5.76 Å². The fourth-order valence-electron chi connectivity index (χ4n) is 1.70. The van der Waals surface area contributed by atoms with Crippen LogP contribution in [0.4, 0.5) is 0 Å². The van der Waals surface area contributed by atoms with Gasteiger partial charge >= 0.3 is 5.91 Å². The summed E-state index contributed by atoms with van der Waals surface area (Å²) in [6, 6.07) is 11.5. The highest BCUT2D eigenvalue weighted by Gasteiger charge is 2.13. The van der Waals surface area contributed by atoms with Crippen molar-refractivity contribution in [3.63, 3.8) is 0 Å². The van der Waals surface area contributed by atoms with Gasteiger partial charge in [0.05, 0.1) is 13.2 Å². The molecule has 2 aromatic rings. The van der Waals surface area contributed by atoms with Crippen LogP contribution in [0.15, 0.2) is 40.8 Å². The van der Waals surface area contributed by atoms with Gasteiger partial charge in [0, 0.05) is 5.56 Å². The van der Waals surface area contributed by atoms with Crippen LogP contribution in [0.5, 0.6) is 0 Å².